The lowest BCUT2D eigenvalue weighted by Gasteiger charge is -2.05. The molecule has 0 aliphatic carbocycles. The molecule has 0 aliphatic heterocycles. The third-order valence-corrected chi connectivity index (χ3v) is 1.27. The van der Waals surface area contributed by atoms with Crippen molar-refractivity contribution < 1.29 is 14.3 Å². The number of amides is 1. The number of ether oxygens (including phenoxy) is 2. The summed E-state index contributed by atoms with van der Waals surface area (Å²) >= 11 is 0. The zero-order chi connectivity index (χ0) is 9.94. The minimum Gasteiger partial charge on any atom is -0.447 e. The van der Waals surface area contributed by atoms with Crippen molar-refractivity contribution in [3.63, 3.8) is 0 Å². The minimum absolute atomic E-state index is 0.288. The standard InChI is InChI=1S/C8H18N2O3/c1-2-10-8(11)13-7-6-12-5-3-4-9/h2-7,9H2,1H3,(H,10,11). The number of rotatable bonds is 7. The maximum atomic E-state index is 10.7. The molecule has 0 spiro atoms. The normalized spacial score (nSPS) is 9.69. The summed E-state index contributed by atoms with van der Waals surface area (Å²) in [5, 5.41) is 2.51. The number of alkyl carbamates (subject to hydrolysis) is 1. The third kappa shape index (κ3) is 9.10. The predicted octanol–water partition coefficient (Wildman–Crippen LogP) is 0.0979. The highest BCUT2D eigenvalue weighted by molar-refractivity contribution is 5.66. The highest BCUT2D eigenvalue weighted by atomic mass is 16.6. The van der Waals surface area contributed by atoms with Gasteiger partial charge < -0.3 is 20.5 Å². The number of carbonyl (C=O) groups is 1. The van der Waals surface area contributed by atoms with Crippen LogP contribution in [0.2, 0.25) is 0 Å². The average Bonchev–Trinajstić information content (AvgIpc) is 2.11. The second kappa shape index (κ2) is 9.28. The van der Waals surface area contributed by atoms with Crippen molar-refractivity contribution in [3.8, 4) is 0 Å². The second-order valence-corrected chi connectivity index (χ2v) is 2.42. The van der Waals surface area contributed by atoms with Gasteiger partial charge in [-0.3, -0.25) is 0 Å². The van der Waals surface area contributed by atoms with E-state index in [1.807, 2.05) is 6.92 Å². The Kier molecular flexibility index (Phi) is 8.70. The van der Waals surface area contributed by atoms with Crippen LogP contribution in [0.25, 0.3) is 0 Å². The fourth-order valence-corrected chi connectivity index (χ4v) is 0.676. The molecular formula is C8H18N2O3. The van der Waals surface area contributed by atoms with E-state index in [1.165, 1.54) is 0 Å². The molecule has 78 valence electrons. The van der Waals surface area contributed by atoms with Gasteiger partial charge in [-0.1, -0.05) is 0 Å². The summed E-state index contributed by atoms with van der Waals surface area (Å²) in [4.78, 5) is 10.7. The van der Waals surface area contributed by atoms with Gasteiger partial charge in [0, 0.05) is 13.2 Å². The zero-order valence-electron chi connectivity index (χ0n) is 8.04. The number of nitrogens with one attached hydrogen (secondary N) is 1. The molecule has 0 heterocycles. The van der Waals surface area contributed by atoms with Gasteiger partial charge in [0.05, 0.1) is 6.61 Å². The van der Waals surface area contributed by atoms with E-state index in [-0.39, 0.29) is 6.61 Å². The molecular weight excluding hydrogens is 172 g/mol. The highest BCUT2D eigenvalue weighted by Crippen LogP contribution is 1.82. The molecule has 0 saturated carbocycles. The monoisotopic (exact) mass is 190 g/mol. The fourth-order valence-electron chi connectivity index (χ4n) is 0.676. The first kappa shape index (κ1) is 12.2. The van der Waals surface area contributed by atoms with Crippen molar-refractivity contribution in [3.05, 3.63) is 0 Å². The van der Waals surface area contributed by atoms with Gasteiger partial charge in [-0.2, -0.15) is 0 Å². The Bertz CT molecular complexity index is 131. The van der Waals surface area contributed by atoms with Crippen molar-refractivity contribution in [1.82, 2.24) is 5.32 Å². The molecule has 1 amide bonds. The zero-order valence-corrected chi connectivity index (χ0v) is 8.04. The van der Waals surface area contributed by atoms with Crippen LogP contribution in [0, 0.1) is 0 Å². The largest absolute Gasteiger partial charge is 0.447 e. The molecule has 0 aromatic rings. The van der Waals surface area contributed by atoms with Gasteiger partial charge >= 0.3 is 6.09 Å². The van der Waals surface area contributed by atoms with Crippen LogP contribution in [0.3, 0.4) is 0 Å². The van der Waals surface area contributed by atoms with E-state index >= 15 is 0 Å². The van der Waals surface area contributed by atoms with Gasteiger partial charge in [0.15, 0.2) is 0 Å². The first-order valence-corrected chi connectivity index (χ1v) is 4.49. The molecule has 0 rings (SSSR count). The Labute approximate surface area is 78.6 Å². The van der Waals surface area contributed by atoms with E-state index in [4.69, 9.17) is 15.2 Å². The van der Waals surface area contributed by atoms with Crippen LogP contribution in [0.4, 0.5) is 4.79 Å². The van der Waals surface area contributed by atoms with Crippen molar-refractivity contribution in [1.29, 1.82) is 0 Å². The molecule has 3 N–H and O–H groups in total. The van der Waals surface area contributed by atoms with E-state index in [9.17, 15) is 4.79 Å². The third-order valence-electron chi connectivity index (χ3n) is 1.27. The Morgan fingerprint density at radius 2 is 2.15 bits per heavy atom. The van der Waals surface area contributed by atoms with E-state index in [0.717, 1.165) is 6.42 Å². The quantitative estimate of drug-likeness (QED) is 0.558. The maximum absolute atomic E-state index is 10.7. The van der Waals surface area contributed by atoms with Crippen LogP contribution in [0.15, 0.2) is 0 Å². The summed E-state index contributed by atoms with van der Waals surface area (Å²) in [6.07, 6.45) is 0.436. The Morgan fingerprint density at radius 1 is 1.38 bits per heavy atom. The van der Waals surface area contributed by atoms with Crippen molar-refractivity contribution in [2.24, 2.45) is 5.73 Å². The number of hydrogen-bond acceptors (Lipinski definition) is 4. The van der Waals surface area contributed by atoms with Gasteiger partial charge in [-0.15, -0.1) is 0 Å². The Balaban J connectivity index is 3.02. The number of carbonyl (C=O) groups excluding carboxylic acids is 1. The van der Waals surface area contributed by atoms with Gasteiger partial charge in [0.1, 0.15) is 6.61 Å². The molecule has 0 atom stereocenters. The first-order valence-electron chi connectivity index (χ1n) is 4.49. The molecule has 0 aromatic carbocycles. The van der Waals surface area contributed by atoms with Gasteiger partial charge in [-0.25, -0.2) is 4.79 Å². The molecule has 0 unspecified atom stereocenters. The van der Waals surface area contributed by atoms with E-state index < -0.39 is 6.09 Å². The molecule has 0 aliphatic rings. The molecule has 5 nitrogen and oxygen atoms in total. The molecule has 13 heavy (non-hydrogen) atoms. The number of hydrogen-bond donors (Lipinski definition) is 2. The second-order valence-electron chi connectivity index (χ2n) is 2.42. The molecule has 0 bridgehead atoms. The first-order chi connectivity index (χ1) is 6.31. The van der Waals surface area contributed by atoms with E-state index in [1.54, 1.807) is 0 Å². The Morgan fingerprint density at radius 3 is 2.77 bits per heavy atom. The van der Waals surface area contributed by atoms with Gasteiger partial charge in [0.2, 0.25) is 0 Å². The van der Waals surface area contributed by atoms with Crippen LogP contribution in [0.1, 0.15) is 13.3 Å². The minimum atomic E-state index is -0.398. The lowest BCUT2D eigenvalue weighted by Crippen LogP contribution is -2.25. The predicted molar refractivity (Wildman–Crippen MR) is 49.5 cm³/mol. The number of nitrogens with two attached hydrogens (primary N) is 1. The summed E-state index contributed by atoms with van der Waals surface area (Å²) in [7, 11) is 0. The van der Waals surface area contributed by atoms with Crippen LogP contribution in [-0.2, 0) is 9.47 Å². The summed E-state index contributed by atoms with van der Waals surface area (Å²) in [5.74, 6) is 0. The molecule has 5 heteroatoms. The molecule has 0 saturated heterocycles. The van der Waals surface area contributed by atoms with Crippen LogP contribution in [0.5, 0.6) is 0 Å². The molecule has 0 fully saturated rings. The highest BCUT2D eigenvalue weighted by Gasteiger charge is 1.97. The van der Waals surface area contributed by atoms with Crippen LogP contribution in [-0.4, -0.2) is 39.0 Å². The van der Waals surface area contributed by atoms with Crippen LogP contribution >= 0.6 is 0 Å². The fraction of sp³-hybridized carbons (Fsp3) is 0.875. The van der Waals surface area contributed by atoms with Gasteiger partial charge in [-0.05, 0) is 19.9 Å². The summed E-state index contributed by atoms with van der Waals surface area (Å²) in [5.41, 5.74) is 5.26. The smallest absolute Gasteiger partial charge is 0.407 e. The molecule has 0 radical (unpaired) electrons. The van der Waals surface area contributed by atoms with E-state index in [0.29, 0.717) is 26.3 Å². The topological polar surface area (TPSA) is 73.6 Å². The SMILES string of the molecule is CCNC(=O)OCCOCCCN. The van der Waals surface area contributed by atoms with Crippen molar-refractivity contribution in [2.45, 2.75) is 13.3 Å². The summed E-state index contributed by atoms with van der Waals surface area (Å²) in [6, 6.07) is 0. The van der Waals surface area contributed by atoms with E-state index in [2.05, 4.69) is 5.32 Å². The lowest BCUT2D eigenvalue weighted by atomic mass is 10.5. The Hall–Kier alpha value is -0.810. The maximum Gasteiger partial charge on any atom is 0.407 e. The molecule has 0 aromatic heterocycles. The lowest BCUT2D eigenvalue weighted by molar-refractivity contribution is 0.0726. The van der Waals surface area contributed by atoms with Crippen LogP contribution < -0.4 is 11.1 Å². The van der Waals surface area contributed by atoms with Gasteiger partial charge in [0.25, 0.3) is 0 Å². The van der Waals surface area contributed by atoms with Crippen molar-refractivity contribution in [2.75, 3.05) is 32.9 Å². The average molecular weight is 190 g/mol. The van der Waals surface area contributed by atoms with Crippen molar-refractivity contribution >= 4 is 6.09 Å². The summed E-state index contributed by atoms with van der Waals surface area (Å²) < 4.78 is 9.87. The summed E-state index contributed by atoms with van der Waals surface area (Å²) in [6.45, 7) is 4.37.